The number of methoxy groups -OCH3 is 1. The van der Waals surface area contributed by atoms with Crippen LogP contribution < -0.4 is 11.1 Å². The van der Waals surface area contributed by atoms with Crippen molar-refractivity contribution < 1.29 is 9.53 Å². The van der Waals surface area contributed by atoms with Crippen LogP contribution in [0.15, 0.2) is 18.2 Å². The van der Waals surface area contributed by atoms with Gasteiger partial charge in [-0.15, -0.1) is 0 Å². The van der Waals surface area contributed by atoms with E-state index < -0.39 is 0 Å². The van der Waals surface area contributed by atoms with Crippen molar-refractivity contribution in [1.29, 1.82) is 0 Å². The van der Waals surface area contributed by atoms with Gasteiger partial charge in [0, 0.05) is 12.2 Å². The molecule has 1 aliphatic rings. The third-order valence-corrected chi connectivity index (χ3v) is 3.26. The standard InChI is InChI=1S/C13H18N2O2/c1-17-13(16)12-10(5-2-6-11(12)14)9-4-3-7-15-8-9/h2,5-6,9,15H,3-4,7-8,14H2,1H3. The van der Waals surface area contributed by atoms with E-state index in [2.05, 4.69) is 5.32 Å². The summed E-state index contributed by atoms with van der Waals surface area (Å²) >= 11 is 0. The molecule has 0 saturated carbocycles. The second-order valence-corrected chi connectivity index (χ2v) is 4.35. The minimum absolute atomic E-state index is 0.344. The van der Waals surface area contributed by atoms with E-state index in [0.717, 1.165) is 31.5 Å². The van der Waals surface area contributed by atoms with Crippen LogP contribution in [0.2, 0.25) is 0 Å². The van der Waals surface area contributed by atoms with Crippen LogP contribution in [-0.4, -0.2) is 26.2 Å². The lowest BCUT2D eigenvalue weighted by Gasteiger charge is -2.25. The summed E-state index contributed by atoms with van der Waals surface area (Å²) in [5, 5.41) is 3.34. The molecular formula is C13H18N2O2. The van der Waals surface area contributed by atoms with Crippen LogP contribution in [0.1, 0.15) is 34.7 Å². The smallest absolute Gasteiger partial charge is 0.340 e. The number of carbonyl (C=O) groups excluding carboxylic acids is 1. The predicted molar refractivity (Wildman–Crippen MR) is 67.0 cm³/mol. The van der Waals surface area contributed by atoms with Gasteiger partial charge in [-0.05, 0) is 36.9 Å². The Morgan fingerprint density at radius 1 is 1.53 bits per heavy atom. The largest absolute Gasteiger partial charge is 0.465 e. The van der Waals surface area contributed by atoms with Gasteiger partial charge in [-0.25, -0.2) is 4.79 Å². The number of benzene rings is 1. The zero-order valence-corrected chi connectivity index (χ0v) is 10.0. The maximum atomic E-state index is 11.8. The van der Waals surface area contributed by atoms with Gasteiger partial charge in [0.1, 0.15) is 0 Å². The van der Waals surface area contributed by atoms with E-state index in [1.165, 1.54) is 7.11 Å². The molecule has 1 unspecified atom stereocenters. The molecule has 1 fully saturated rings. The van der Waals surface area contributed by atoms with Crippen molar-refractivity contribution in [2.24, 2.45) is 0 Å². The van der Waals surface area contributed by atoms with E-state index in [9.17, 15) is 4.79 Å². The van der Waals surface area contributed by atoms with Crippen molar-refractivity contribution in [2.75, 3.05) is 25.9 Å². The molecule has 1 aromatic carbocycles. The molecule has 1 atom stereocenters. The molecule has 0 aromatic heterocycles. The van der Waals surface area contributed by atoms with Crippen LogP contribution in [0.5, 0.6) is 0 Å². The number of rotatable bonds is 2. The summed E-state index contributed by atoms with van der Waals surface area (Å²) < 4.78 is 4.81. The Hall–Kier alpha value is -1.55. The lowest BCUT2D eigenvalue weighted by molar-refractivity contribution is 0.0600. The summed E-state index contributed by atoms with van der Waals surface area (Å²) in [6, 6.07) is 5.61. The Kier molecular flexibility index (Phi) is 3.64. The Balaban J connectivity index is 2.38. The molecule has 4 heteroatoms. The van der Waals surface area contributed by atoms with Gasteiger partial charge >= 0.3 is 5.97 Å². The van der Waals surface area contributed by atoms with Gasteiger partial charge in [-0.3, -0.25) is 0 Å². The number of nitrogens with one attached hydrogen (secondary N) is 1. The number of anilines is 1. The highest BCUT2D eigenvalue weighted by Crippen LogP contribution is 2.29. The summed E-state index contributed by atoms with van der Waals surface area (Å²) in [4.78, 5) is 11.8. The number of hydrogen-bond acceptors (Lipinski definition) is 4. The van der Waals surface area contributed by atoms with Gasteiger partial charge in [-0.1, -0.05) is 12.1 Å². The minimum atomic E-state index is -0.344. The van der Waals surface area contributed by atoms with E-state index in [4.69, 9.17) is 10.5 Å². The van der Waals surface area contributed by atoms with Gasteiger partial charge in [0.25, 0.3) is 0 Å². The molecule has 17 heavy (non-hydrogen) atoms. The van der Waals surface area contributed by atoms with E-state index in [1.807, 2.05) is 12.1 Å². The summed E-state index contributed by atoms with van der Waals surface area (Å²) in [5.74, 6) is 0.00465. The molecule has 0 spiro atoms. The summed E-state index contributed by atoms with van der Waals surface area (Å²) in [6.07, 6.45) is 2.21. The number of nitrogen functional groups attached to an aromatic ring is 1. The van der Waals surface area contributed by atoms with Gasteiger partial charge in [0.15, 0.2) is 0 Å². The fraction of sp³-hybridized carbons (Fsp3) is 0.462. The fourth-order valence-electron chi connectivity index (χ4n) is 2.38. The van der Waals surface area contributed by atoms with Gasteiger partial charge in [0.2, 0.25) is 0 Å². The zero-order valence-electron chi connectivity index (χ0n) is 10.0. The van der Waals surface area contributed by atoms with Crippen LogP contribution in [0.4, 0.5) is 5.69 Å². The highest BCUT2D eigenvalue weighted by molar-refractivity contribution is 5.96. The van der Waals surface area contributed by atoms with Crippen LogP contribution in [0.3, 0.4) is 0 Å². The summed E-state index contributed by atoms with van der Waals surface area (Å²) in [5.41, 5.74) is 7.92. The maximum absolute atomic E-state index is 11.8. The molecule has 2 rings (SSSR count). The number of esters is 1. The normalized spacial score (nSPS) is 19.9. The number of ether oxygens (including phenoxy) is 1. The second kappa shape index (κ2) is 5.19. The molecule has 3 N–H and O–H groups in total. The third kappa shape index (κ3) is 2.42. The first-order valence-corrected chi connectivity index (χ1v) is 5.91. The molecule has 1 heterocycles. The Morgan fingerprint density at radius 3 is 3.00 bits per heavy atom. The first kappa shape index (κ1) is 11.9. The van der Waals surface area contributed by atoms with E-state index >= 15 is 0 Å². The van der Waals surface area contributed by atoms with Crippen molar-refractivity contribution in [3.05, 3.63) is 29.3 Å². The molecule has 0 bridgehead atoms. The lowest BCUT2D eigenvalue weighted by atomic mass is 9.88. The number of nitrogens with two attached hydrogens (primary N) is 1. The Morgan fingerprint density at radius 2 is 2.35 bits per heavy atom. The van der Waals surface area contributed by atoms with Gasteiger partial charge in [-0.2, -0.15) is 0 Å². The van der Waals surface area contributed by atoms with Crippen molar-refractivity contribution in [2.45, 2.75) is 18.8 Å². The van der Waals surface area contributed by atoms with Crippen molar-refractivity contribution >= 4 is 11.7 Å². The minimum Gasteiger partial charge on any atom is -0.465 e. The van der Waals surface area contributed by atoms with Crippen molar-refractivity contribution in [3.8, 4) is 0 Å². The van der Waals surface area contributed by atoms with Crippen LogP contribution in [0.25, 0.3) is 0 Å². The quantitative estimate of drug-likeness (QED) is 0.601. The molecule has 1 saturated heterocycles. The second-order valence-electron chi connectivity index (χ2n) is 4.35. The molecule has 0 aliphatic carbocycles. The Bertz CT molecular complexity index is 412. The van der Waals surface area contributed by atoms with E-state index in [1.54, 1.807) is 6.07 Å². The van der Waals surface area contributed by atoms with Crippen LogP contribution >= 0.6 is 0 Å². The highest BCUT2D eigenvalue weighted by Gasteiger charge is 2.23. The van der Waals surface area contributed by atoms with E-state index in [-0.39, 0.29) is 5.97 Å². The van der Waals surface area contributed by atoms with Crippen molar-refractivity contribution in [3.63, 3.8) is 0 Å². The number of hydrogen-bond donors (Lipinski definition) is 2. The number of carbonyl (C=O) groups is 1. The fourth-order valence-corrected chi connectivity index (χ4v) is 2.38. The van der Waals surface area contributed by atoms with Crippen LogP contribution in [0, 0.1) is 0 Å². The summed E-state index contributed by atoms with van der Waals surface area (Å²) in [6.45, 7) is 1.94. The molecule has 0 radical (unpaired) electrons. The van der Waals surface area contributed by atoms with Gasteiger partial charge < -0.3 is 15.8 Å². The average molecular weight is 234 g/mol. The van der Waals surface area contributed by atoms with Gasteiger partial charge in [0.05, 0.1) is 12.7 Å². The van der Waals surface area contributed by atoms with Crippen LogP contribution in [-0.2, 0) is 4.74 Å². The average Bonchev–Trinajstić information content (AvgIpc) is 2.38. The molecule has 1 aromatic rings. The first-order chi connectivity index (χ1) is 8.24. The Labute approximate surface area is 101 Å². The predicted octanol–water partition coefficient (Wildman–Crippen LogP) is 1.52. The SMILES string of the molecule is COC(=O)c1c(N)cccc1C1CCCNC1. The highest BCUT2D eigenvalue weighted by atomic mass is 16.5. The molecule has 4 nitrogen and oxygen atoms in total. The lowest BCUT2D eigenvalue weighted by Crippen LogP contribution is -2.29. The topological polar surface area (TPSA) is 64.3 Å². The zero-order chi connectivity index (χ0) is 12.3. The first-order valence-electron chi connectivity index (χ1n) is 5.91. The maximum Gasteiger partial charge on any atom is 0.340 e. The molecule has 92 valence electrons. The third-order valence-electron chi connectivity index (χ3n) is 3.26. The summed E-state index contributed by atoms with van der Waals surface area (Å²) in [7, 11) is 1.39. The molecule has 0 amide bonds. The van der Waals surface area contributed by atoms with E-state index in [0.29, 0.717) is 17.2 Å². The molecule has 1 aliphatic heterocycles. The number of piperidine rings is 1. The van der Waals surface area contributed by atoms with Crippen molar-refractivity contribution in [1.82, 2.24) is 5.32 Å². The monoisotopic (exact) mass is 234 g/mol. The molecular weight excluding hydrogens is 216 g/mol.